The van der Waals surface area contributed by atoms with E-state index in [0.29, 0.717) is 12.5 Å². The first-order chi connectivity index (χ1) is 10.2. The van der Waals surface area contributed by atoms with Crippen LogP contribution in [-0.4, -0.2) is 42.3 Å². The predicted molar refractivity (Wildman–Crippen MR) is 102 cm³/mol. The van der Waals surface area contributed by atoms with Crippen LogP contribution in [-0.2, 0) is 17.8 Å². The second kappa shape index (κ2) is 12.7. The van der Waals surface area contributed by atoms with Gasteiger partial charge in [-0.1, -0.05) is 13.8 Å². The first-order valence-corrected chi connectivity index (χ1v) is 7.68. The number of methoxy groups -OCH3 is 1. The summed E-state index contributed by atoms with van der Waals surface area (Å²) in [5, 5.41) is 6.54. The van der Waals surface area contributed by atoms with Crippen LogP contribution in [0.4, 0.5) is 0 Å². The summed E-state index contributed by atoms with van der Waals surface area (Å²) in [7, 11) is 1.72. The number of aliphatic imine (C=N–C) groups is 1. The topological polar surface area (TPSA) is 63.5 Å². The Morgan fingerprint density at radius 1 is 1.41 bits per heavy atom. The zero-order valence-electron chi connectivity index (χ0n) is 14.1. The van der Waals surface area contributed by atoms with E-state index < -0.39 is 0 Å². The molecule has 0 aliphatic carbocycles. The number of hydrogen-bond acceptors (Lipinski definition) is 3. The van der Waals surface area contributed by atoms with Crippen LogP contribution in [0, 0.1) is 5.92 Å². The van der Waals surface area contributed by atoms with Gasteiger partial charge in [-0.15, -0.1) is 24.0 Å². The van der Waals surface area contributed by atoms with Crippen molar-refractivity contribution >= 4 is 29.9 Å². The van der Waals surface area contributed by atoms with Gasteiger partial charge in [0.25, 0.3) is 0 Å². The zero-order chi connectivity index (χ0) is 15.5. The maximum atomic E-state index is 5.04. The quantitative estimate of drug-likeness (QED) is 0.277. The number of imidazole rings is 1. The lowest BCUT2D eigenvalue weighted by Crippen LogP contribution is -2.38. The highest BCUT2D eigenvalue weighted by molar-refractivity contribution is 14.0. The normalized spacial score (nSPS) is 11.4. The van der Waals surface area contributed by atoms with Crippen LogP contribution in [0.5, 0.6) is 0 Å². The van der Waals surface area contributed by atoms with Crippen LogP contribution < -0.4 is 10.6 Å². The molecule has 1 heterocycles. The lowest BCUT2D eigenvalue weighted by molar-refractivity contribution is 0.195. The lowest BCUT2D eigenvalue weighted by Gasteiger charge is -2.12. The molecule has 6 nitrogen and oxygen atoms in total. The Labute approximate surface area is 151 Å². The number of nitrogens with one attached hydrogen (secondary N) is 2. The molecule has 0 unspecified atom stereocenters. The molecule has 1 aromatic rings. The van der Waals surface area contributed by atoms with Gasteiger partial charge in [0, 0.05) is 45.7 Å². The molecule has 0 spiro atoms. The molecule has 1 aromatic heterocycles. The monoisotopic (exact) mass is 423 g/mol. The second-order valence-corrected chi connectivity index (χ2v) is 5.36. The minimum atomic E-state index is 0. The number of halogens is 1. The predicted octanol–water partition coefficient (Wildman–Crippen LogP) is 2.25. The van der Waals surface area contributed by atoms with Gasteiger partial charge in [0.15, 0.2) is 5.96 Å². The van der Waals surface area contributed by atoms with Crippen LogP contribution in [0.15, 0.2) is 17.4 Å². The van der Waals surface area contributed by atoms with Crippen LogP contribution in [0.25, 0.3) is 0 Å². The van der Waals surface area contributed by atoms with Crippen molar-refractivity contribution in [1.82, 2.24) is 20.2 Å². The second-order valence-electron chi connectivity index (χ2n) is 5.36. The van der Waals surface area contributed by atoms with Gasteiger partial charge in [0.2, 0.25) is 0 Å². The number of rotatable bonds is 9. The fourth-order valence-electron chi connectivity index (χ4n) is 1.97. The Morgan fingerprint density at radius 2 is 2.18 bits per heavy atom. The number of hydrogen-bond donors (Lipinski definition) is 2. The minimum Gasteiger partial charge on any atom is -0.385 e. The van der Waals surface area contributed by atoms with Crippen LogP contribution in [0.1, 0.15) is 33.0 Å². The van der Waals surface area contributed by atoms with Crippen LogP contribution >= 0.6 is 24.0 Å². The summed E-state index contributed by atoms with van der Waals surface area (Å²) in [5.41, 5.74) is 0. The highest BCUT2D eigenvalue weighted by Gasteiger charge is 2.04. The van der Waals surface area contributed by atoms with Crippen molar-refractivity contribution in [2.45, 2.75) is 40.3 Å². The molecule has 128 valence electrons. The Hall–Kier alpha value is -0.830. The summed E-state index contributed by atoms with van der Waals surface area (Å²) in [5.74, 6) is 2.42. The number of nitrogens with zero attached hydrogens (tertiary/aromatic N) is 3. The summed E-state index contributed by atoms with van der Waals surface area (Å²) in [6.07, 6.45) is 4.82. The standard InChI is InChI=1S/C15H29N5O.HI/c1-5-16-15(18-7-6-10-21-4)19-11-14-17-8-9-20(14)12-13(2)3;/h8-9,13H,5-7,10-12H2,1-4H3,(H2,16,18,19);1H. The molecule has 7 heteroatoms. The fourth-order valence-corrected chi connectivity index (χ4v) is 1.97. The Morgan fingerprint density at radius 3 is 2.82 bits per heavy atom. The summed E-state index contributed by atoms with van der Waals surface area (Å²) >= 11 is 0. The van der Waals surface area contributed by atoms with E-state index in [9.17, 15) is 0 Å². The summed E-state index contributed by atoms with van der Waals surface area (Å²) in [6.45, 7) is 10.5. The molecule has 2 N–H and O–H groups in total. The molecule has 22 heavy (non-hydrogen) atoms. The van der Waals surface area contributed by atoms with Gasteiger partial charge in [-0.2, -0.15) is 0 Å². The van der Waals surface area contributed by atoms with Crippen LogP contribution in [0.3, 0.4) is 0 Å². The van der Waals surface area contributed by atoms with E-state index in [1.807, 2.05) is 12.4 Å². The molecule has 0 amide bonds. The number of aromatic nitrogens is 2. The molecule has 0 aromatic carbocycles. The maximum Gasteiger partial charge on any atom is 0.191 e. The summed E-state index contributed by atoms with van der Waals surface area (Å²) in [6, 6.07) is 0. The molecule has 0 fully saturated rings. The third kappa shape index (κ3) is 8.57. The van der Waals surface area contributed by atoms with Gasteiger partial charge in [0.05, 0.1) is 0 Å². The fraction of sp³-hybridized carbons (Fsp3) is 0.733. The lowest BCUT2D eigenvalue weighted by atomic mass is 10.2. The highest BCUT2D eigenvalue weighted by Crippen LogP contribution is 2.04. The van der Waals surface area contributed by atoms with E-state index in [2.05, 4.69) is 45.9 Å². The van der Waals surface area contributed by atoms with E-state index >= 15 is 0 Å². The molecule has 0 saturated carbocycles. The molecular weight excluding hydrogens is 393 g/mol. The zero-order valence-corrected chi connectivity index (χ0v) is 16.5. The largest absolute Gasteiger partial charge is 0.385 e. The first-order valence-electron chi connectivity index (χ1n) is 7.68. The van der Waals surface area contributed by atoms with E-state index in [4.69, 9.17) is 4.74 Å². The van der Waals surface area contributed by atoms with Gasteiger partial charge >= 0.3 is 0 Å². The van der Waals surface area contributed by atoms with Gasteiger partial charge in [-0.3, -0.25) is 0 Å². The van der Waals surface area contributed by atoms with E-state index in [-0.39, 0.29) is 24.0 Å². The molecule has 0 atom stereocenters. The molecule has 1 rings (SSSR count). The molecule has 0 aliphatic heterocycles. The van der Waals surface area contributed by atoms with Crippen molar-refractivity contribution in [3.8, 4) is 0 Å². The van der Waals surface area contributed by atoms with Crippen molar-refractivity contribution in [2.24, 2.45) is 10.9 Å². The Balaban J connectivity index is 0.00000441. The van der Waals surface area contributed by atoms with Crippen molar-refractivity contribution in [2.75, 3.05) is 26.8 Å². The Kier molecular flexibility index (Phi) is 12.2. The van der Waals surface area contributed by atoms with Crippen molar-refractivity contribution in [3.05, 3.63) is 18.2 Å². The average Bonchev–Trinajstić information content (AvgIpc) is 2.87. The SMILES string of the molecule is CCNC(=NCc1nccn1CC(C)C)NCCCOC.I. The molecule has 0 aliphatic rings. The van der Waals surface area contributed by atoms with E-state index in [0.717, 1.165) is 44.4 Å². The number of guanidine groups is 1. The third-order valence-electron chi connectivity index (χ3n) is 2.90. The van der Waals surface area contributed by atoms with Gasteiger partial charge in [-0.25, -0.2) is 9.98 Å². The maximum absolute atomic E-state index is 5.04. The molecular formula is C15H30IN5O. The van der Waals surface area contributed by atoms with Crippen molar-refractivity contribution < 1.29 is 4.74 Å². The molecule has 0 radical (unpaired) electrons. The van der Waals surface area contributed by atoms with Crippen molar-refractivity contribution in [1.29, 1.82) is 0 Å². The molecule has 0 bridgehead atoms. The smallest absolute Gasteiger partial charge is 0.191 e. The number of ether oxygens (including phenoxy) is 1. The summed E-state index contributed by atoms with van der Waals surface area (Å²) in [4.78, 5) is 8.98. The highest BCUT2D eigenvalue weighted by atomic mass is 127. The van der Waals surface area contributed by atoms with E-state index in [1.54, 1.807) is 7.11 Å². The van der Waals surface area contributed by atoms with Crippen molar-refractivity contribution in [3.63, 3.8) is 0 Å². The van der Waals surface area contributed by atoms with Gasteiger partial charge in [-0.05, 0) is 19.3 Å². The summed E-state index contributed by atoms with van der Waals surface area (Å²) < 4.78 is 7.21. The molecule has 0 saturated heterocycles. The first kappa shape index (κ1) is 21.2. The van der Waals surface area contributed by atoms with E-state index in [1.165, 1.54) is 0 Å². The minimum absolute atomic E-state index is 0. The Bertz CT molecular complexity index is 420. The average molecular weight is 423 g/mol. The van der Waals surface area contributed by atoms with Gasteiger partial charge < -0.3 is 19.9 Å². The van der Waals surface area contributed by atoms with Crippen LogP contribution in [0.2, 0.25) is 0 Å². The third-order valence-corrected chi connectivity index (χ3v) is 2.90. The van der Waals surface area contributed by atoms with Gasteiger partial charge in [0.1, 0.15) is 12.4 Å².